The Balaban J connectivity index is 1.69. The van der Waals surface area contributed by atoms with E-state index in [9.17, 15) is 9.59 Å². The van der Waals surface area contributed by atoms with Gasteiger partial charge in [-0.25, -0.2) is 0 Å². The minimum absolute atomic E-state index is 0.130. The number of carbonyl (C=O) groups excluding carboxylic acids is 2. The first-order valence-corrected chi connectivity index (χ1v) is 11.0. The predicted octanol–water partition coefficient (Wildman–Crippen LogP) is 4.10. The molecule has 2 aromatic carbocycles. The van der Waals surface area contributed by atoms with Gasteiger partial charge in [-0.1, -0.05) is 30.3 Å². The molecule has 1 saturated heterocycles. The first-order chi connectivity index (χ1) is 15.2. The standard InChI is InChI=1S/C25H31N3O3/c1-2-31-18-8-15-26-25(30)22-19-21(12-13-23(22)28-16-6-7-17-28)27-24(29)14-11-20-9-4-3-5-10-20/h3-5,9-14,19H,2,6-8,15-18H2,1H3,(H,26,30)(H,27,29). The molecular formula is C25H31N3O3. The Labute approximate surface area is 184 Å². The van der Waals surface area contributed by atoms with E-state index in [4.69, 9.17) is 4.74 Å². The van der Waals surface area contributed by atoms with Gasteiger partial charge in [-0.05, 0) is 56.0 Å². The van der Waals surface area contributed by atoms with Crippen molar-refractivity contribution in [3.8, 4) is 0 Å². The lowest BCUT2D eigenvalue weighted by atomic mass is 10.1. The molecule has 164 valence electrons. The Morgan fingerprint density at radius 1 is 1.10 bits per heavy atom. The molecule has 0 unspecified atom stereocenters. The summed E-state index contributed by atoms with van der Waals surface area (Å²) < 4.78 is 5.33. The summed E-state index contributed by atoms with van der Waals surface area (Å²) in [6, 6.07) is 15.2. The highest BCUT2D eigenvalue weighted by Crippen LogP contribution is 2.27. The summed E-state index contributed by atoms with van der Waals surface area (Å²) in [7, 11) is 0. The maximum Gasteiger partial charge on any atom is 0.253 e. The Bertz CT molecular complexity index is 890. The fourth-order valence-electron chi connectivity index (χ4n) is 3.57. The minimum atomic E-state index is -0.235. The maximum absolute atomic E-state index is 12.9. The first-order valence-electron chi connectivity index (χ1n) is 11.0. The zero-order valence-electron chi connectivity index (χ0n) is 18.1. The molecule has 0 aliphatic carbocycles. The van der Waals surface area contributed by atoms with E-state index in [0.29, 0.717) is 31.0 Å². The van der Waals surface area contributed by atoms with E-state index < -0.39 is 0 Å². The Morgan fingerprint density at radius 3 is 2.61 bits per heavy atom. The van der Waals surface area contributed by atoms with Crippen molar-refractivity contribution in [3.05, 3.63) is 65.7 Å². The molecule has 0 aromatic heterocycles. The topological polar surface area (TPSA) is 70.7 Å². The van der Waals surface area contributed by atoms with Gasteiger partial charge in [0.1, 0.15) is 0 Å². The van der Waals surface area contributed by atoms with Crippen molar-refractivity contribution in [3.63, 3.8) is 0 Å². The third-order valence-corrected chi connectivity index (χ3v) is 5.14. The van der Waals surface area contributed by atoms with Crippen LogP contribution in [-0.2, 0) is 9.53 Å². The molecule has 0 radical (unpaired) electrons. The predicted molar refractivity (Wildman–Crippen MR) is 125 cm³/mol. The van der Waals surface area contributed by atoms with E-state index in [1.54, 1.807) is 12.1 Å². The van der Waals surface area contributed by atoms with E-state index in [2.05, 4.69) is 15.5 Å². The number of anilines is 2. The monoisotopic (exact) mass is 421 g/mol. The number of nitrogens with zero attached hydrogens (tertiary/aromatic N) is 1. The second-order valence-corrected chi connectivity index (χ2v) is 7.47. The smallest absolute Gasteiger partial charge is 0.253 e. The van der Waals surface area contributed by atoms with Crippen molar-refractivity contribution < 1.29 is 14.3 Å². The zero-order chi connectivity index (χ0) is 21.9. The molecule has 3 rings (SSSR count). The lowest BCUT2D eigenvalue weighted by molar-refractivity contribution is -0.111. The number of hydrogen-bond donors (Lipinski definition) is 2. The van der Waals surface area contributed by atoms with E-state index in [0.717, 1.165) is 43.6 Å². The van der Waals surface area contributed by atoms with Gasteiger partial charge in [0, 0.05) is 50.3 Å². The average molecular weight is 422 g/mol. The number of carbonyl (C=O) groups is 2. The van der Waals surface area contributed by atoms with Gasteiger partial charge in [-0.3, -0.25) is 9.59 Å². The Morgan fingerprint density at radius 2 is 1.87 bits per heavy atom. The summed E-state index contributed by atoms with van der Waals surface area (Å²) in [4.78, 5) is 27.5. The van der Waals surface area contributed by atoms with Gasteiger partial charge in [-0.2, -0.15) is 0 Å². The van der Waals surface area contributed by atoms with Gasteiger partial charge < -0.3 is 20.3 Å². The molecule has 1 aliphatic rings. The van der Waals surface area contributed by atoms with Crippen molar-refractivity contribution in [2.75, 3.05) is 43.1 Å². The summed E-state index contributed by atoms with van der Waals surface area (Å²) in [6.07, 6.45) is 6.27. The van der Waals surface area contributed by atoms with Crippen LogP contribution in [0.4, 0.5) is 11.4 Å². The highest BCUT2D eigenvalue weighted by molar-refractivity contribution is 6.05. The van der Waals surface area contributed by atoms with E-state index in [1.165, 1.54) is 6.08 Å². The van der Waals surface area contributed by atoms with Crippen molar-refractivity contribution in [2.45, 2.75) is 26.2 Å². The van der Waals surface area contributed by atoms with Crippen LogP contribution < -0.4 is 15.5 Å². The molecule has 0 bridgehead atoms. The highest BCUT2D eigenvalue weighted by Gasteiger charge is 2.20. The van der Waals surface area contributed by atoms with Crippen molar-refractivity contribution in [1.82, 2.24) is 5.32 Å². The Kier molecular flexibility index (Phi) is 8.67. The van der Waals surface area contributed by atoms with Gasteiger partial charge in [0.25, 0.3) is 5.91 Å². The van der Waals surface area contributed by atoms with E-state index in [1.807, 2.05) is 49.4 Å². The molecule has 1 heterocycles. The SMILES string of the molecule is CCOCCCNC(=O)c1cc(NC(=O)C=Cc2ccccc2)ccc1N1CCCC1. The summed E-state index contributed by atoms with van der Waals surface area (Å²) in [5.74, 6) is -0.366. The van der Waals surface area contributed by atoms with Crippen molar-refractivity contribution >= 4 is 29.3 Å². The fourth-order valence-corrected chi connectivity index (χ4v) is 3.57. The van der Waals surface area contributed by atoms with Crippen LogP contribution in [-0.4, -0.2) is 44.7 Å². The molecule has 1 aliphatic heterocycles. The molecule has 6 nitrogen and oxygen atoms in total. The molecule has 6 heteroatoms. The molecule has 31 heavy (non-hydrogen) atoms. The fraction of sp³-hybridized carbons (Fsp3) is 0.360. The second-order valence-electron chi connectivity index (χ2n) is 7.47. The molecule has 0 spiro atoms. The number of hydrogen-bond acceptors (Lipinski definition) is 4. The van der Waals surface area contributed by atoms with Crippen LogP contribution >= 0.6 is 0 Å². The largest absolute Gasteiger partial charge is 0.382 e. The van der Waals surface area contributed by atoms with Gasteiger partial charge in [-0.15, -0.1) is 0 Å². The van der Waals surface area contributed by atoms with Crippen molar-refractivity contribution in [2.24, 2.45) is 0 Å². The molecular weight excluding hydrogens is 390 g/mol. The molecule has 1 fully saturated rings. The highest BCUT2D eigenvalue weighted by atomic mass is 16.5. The lowest BCUT2D eigenvalue weighted by Crippen LogP contribution is -2.29. The molecule has 2 amide bonds. The summed E-state index contributed by atoms with van der Waals surface area (Å²) in [5, 5.41) is 5.84. The third-order valence-electron chi connectivity index (χ3n) is 5.14. The van der Waals surface area contributed by atoms with Crippen LogP contribution in [0.3, 0.4) is 0 Å². The lowest BCUT2D eigenvalue weighted by Gasteiger charge is -2.22. The quantitative estimate of drug-likeness (QED) is 0.448. The molecule has 0 saturated carbocycles. The number of benzene rings is 2. The third kappa shape index (κ3) is 6.96. The Hall–Kier alpha value is -3.12. The first kappa shape index (κ1) is 22.6. The van der Waals surface area contributed by atoms with Gasteiger partial charge in [0.15, 0.2) is 0 Å². The van der Waals surface area contributed by atoms with Gasteiger partial charge >= 0.3 is 0 Å². The van der Waals surface area contributed by atoms with Crippen LogP contribution in [0.1, 0.15) is 42.1 Å². The van der Waals surface area contributed by atoms with Crippen LogP contribution in [0, 0.1) is 0 Å². The molecule has 2 N–H and O–H groups in total. The van der Waals surface area contributed by atoms with Gasteiger partial charge in [0.2, 0.25) is 5.91 Å². The van der Waals surface area contributed by atoms with Gasteiger partial charge in [0.05, 0.1) is 5.56 Å². The van der Waals surface area contributed by atoms with Crippen LogP contribution in [0.25, 0.3) is 6.08 Å². The van der Waals surface area contributed by atoms with Crippen LogP contribution in [0.2, 0.25) is 0 Å². The second kappa shape index (κ2) is 11.9. The summed E-state index contributed by atoms with van der Waals surface area (Å²) in [5.41, 5.74) is 3.06. The average Bonchev–Trinajstić information content (AvgIpc) is 3.33. The zero-order valence-corrected chi connectivity index (χ0v) is 18.1. The van der Waals surface area contributed by atoms with E-state index in [-0.39, 0.29) is 11.8 Å². The minimum Gasteiger partial charge on any atom is -0.382 e. The number of rotatable bonds is 10. The van der Waals surface area contributed by atoms with Crippen LogP contribution in [0.15, 0.2) is 54.6 Å². The number of ether oxygens (including phenoxy) is 1. The number of nitrogens with one attached hydrogen (secondary N) is 2. The summed E-state index contributed by atoms with van der Waals surface area (Å²) >= 11 is 0. The molecule has 0 atom stereocenters. The number of amides is 2. The molecule has 2 aromatic rings. The van der Waals surface area contributed by atoms with E-state index >= 15 is 0 Å². The van der Waals surface area contributed by atoms with Crippen molar-refractivity contribution in [1.29, 1.82) is 0 Å². The normalized spacial score (nSPS) is 13.5. The summed E-state index contributed by atoms with van der Waals surface area (Å²) in [6.45, 7) is 5.68. The maximum atomic E-state index is 12.9. The van der Waals surface area contributed by atoms with Crippen LogP contribution in [0.5, 0.6) is 0 Å².